The van der Waals surface area contributed by atoms with Gasteiger partial charge in [-0.05, 0) is 94.0 Å². The highest BCUT2D eigenvalue weighted by Gasteiger charge is 2.24. The van der Waals surface area contributed by atoms with E-state index in [0.29, 0.717) is 17.5 Å². The summed E-state index contributed by atoms with van der Waals surface area (Å²) in [5.41, 5.74) is 16.1. The molecule has 0 bridgehead atoms. The number of hydrogen-bond acceptors (Lipinski definition) is 3. The van der Waals surface area contributed by atoms with E-state index in [0.717, 1.165) is 88.4 Å². The Morgan fingerprint density at radius 1 is 0.235 bits per heavy atom. The predicted molar refractivity (Wildman–Crippen MR) is 281 cm³/mol. The monoisotopic (exact) mass is 867 g/mol. The van der Waals surface area contributed by atoms with E-state index in [-0.39, 0.29) is 0 Å². The molecular formula is C63H41N5. The van der Waals surface area contributed by atoms with Gasteiger partial charge in [0.25, 0.3) is 0 Å². The van der Waals surface area contributed by atoms with Crippen molar-refractivity contribution >= 4 is 43.6 Å². The Morgan fingerprint density at radius 3 is 0.985 bits per heavy atom. The number of benzene rings is 10. The summed E-state index contributed by atoms with van der Waals surface area (Å²) in [6.45, 7) is 0. The van der Waals surface area contributed by atoms with E-state index in [1.165, 1.54) is 16.7 Å². The Balaban J connectivity index is 1.18. The summed E-state index contributed by atoms with van der Waals surface area (Å²) in [6.07, 6.45) is 0. The molecule has 0 saturated carbocycles. The van der Waals surface area contributed by atoms with Crippen molar-refractivity contribution < 1.29 is 0 Å². The molecular weight excluding hydrogens is 827 g/mol. The van der Waals surface area contributed by atoms with Crippen molar-refractivity contribution in [3.8, 4) is 78.9 Å². The first-order valence-corrected chi connectivity index (χ1v) is 23.0. The van der Waals surface area contributed by atoms with Crippen LogP contribution < -0.4 is 0 Å². The molecule has 0 saturated heterocycles. The summed E-state index contributed by atoms with van der Waals surface area (Å²) in [4.78, 5) is 16.0. The fourth-order valence-electron chi connectivity index (χ4n) is 9.92. The number of aromatic nitrogens is 5. The Morgan fingerprint density at radius 2 is 0.574 bits per heavy atom. The third kappa shape index (κ3) is 6.76. The van der Waals surface area contributed by atoms with Crippen LogP contribution in [0.5, 0.6) is 0 Å². The van der Waals surface area contributed by atoms with Gasteiger partial charge in [0, 0.05) is 43.9 Å². The van der Waals surface area contributed by atoms with Crippen LogP contribution in [0.25, 0.3) is 123 Å². The highest BCUT2D eigenvalue weighted by Crippen LogP contribution is 2.44. The summed E-state index contributed by atoms with van der Waals surface area (Å²) in [7, 11) is 0. The maximum atomic E-state index is 5.41. The summed E-state index contributed by atoms with van der Waals surface area (Å²) >= 11 is 0. The van der Waals surface area contributed by atoms with Crippen molar-refractivity contribution in [2.75, 3.05) is 0 Å². The van der Waals surface area contributed by atoms with E-state index in [2.05, 4.69) is 221 Å². The topological polar surface area (TPSA) is 48.5 Å². The van der Waals surface area contributed by atoms with Crippen LogP contribution in [0.4, 0.5) is 0 Å². The Kier molecular flexibility index (Phi) is 9.43. The van der Waals surface area contributed by atoms with Crippen LogP contribution in [0.2, 0.25) is 0 Å². The highest BCUT2D eigenvalue weighted by atomic mass is 15.1. The second kappa shape index (κ2) is 16.4. The van der Waals surface area contributed by atoms with Crippen LogP contribution >= 0.6 is 0 Å². The summed E-state index contributed by atoms with van der Waals surface area (Å²) in [5, 5.41) is 4.60. The molecule has 0 aliphatic carbocycles. The minimum atomic E-state index is 0.584. The summed E-state index contributed by atoms with van der Waals surface area (Å²) in [6, 6.07) is 88.4. The maximum Gasteiger partial charge on any atom is 0.166 e. The van der Waals surface area contributed by atoms with Gasteiger partial charge in [0.1, 0.15) is 0 Å². The van der Waals surface area contributed by atoms with Crippen LogP contribution in [0.1, 0.15) is 0 Å². The van der Waals surface area contributed by atoms with Crippen molar-refractivity contribution in [2.24, 2.45) is 0 Å². The van der Waals surface area contributed by atoms with Gasteiger partial charge in [-0.25, -0.2) is 15.0 Å². The highest BCUT2D eigenvalue weighted by molar-refractivity contribution is 6.15. The molecule has 0 N–H and O–H groups in total. The molecule has 10 aromatic carbocycles. The average molecular weight is 868 g/mol. The maximum absolute atomic E-state index is 5.41. The van der Waals surface area contributed by atoms with Gasteiger partial charge in [0.15, 0.2) is 17.5 Å². The minimum absolute atomic E-state index is 0.584. The van der Waals surface area contributed by atoms with Crippen LogP contribution in [-0.4, -0.2) is 24.1 Å². The van der Waals surface area contributed by atoms with E-state index >= 15 is 0 Å². The molecule has 3 heterocycles. The van der Waals surface area contributed by atoms with Gasteiger partial charge >= 0.3 is 0 Å². The fourth-order valence-corrected chi connectivity index (χ4v) is 9.92. The third-order valence-corrected chi connectivity index (χ3v) is 13.2. The Labute approximate surface area is 393 Å². The lowest BCUT2D eigenvalue weighted by molar-refractivity contribution is 1.06. The molecule has 0 amide bonds. The molecule has 0 aliphatic rings. The first-order chi connectivity index (χ1) is 33.7. The van der Waals surface area contributed by atoms with E-state index in [9.17, 15) is 0 Å². The zero-order valence-electron chi connectivity index (χ0n) is 36.9. The van der Waals surface area contributed by atoms with E-state index in [4.69, 9.17) is 15.0 Å². The lowest BCUT2D eigenvalue weighted by Crippen LogP contribution is -2.04. The molecule has 0 unspecified atom stereocenters. The van der Waals surface area contributed by atoms with Crippen LogP contribution in [-0.2, 0) is 0 Å². The second-order valence-electron chi connectivity index (χ2n) is 17.2. The smallest absolute Gasteiger partial charge is 0.166 e. The van der Waals surface area contributed by atoms with Gasteiger partial charge < -0.3 is 9.13 Å². The van der Waals surface area contributed by atoms with Gasteiger partial charge in [0.2, 0.25) is 0 Å². The summed E-state index contributed by atoms with van der Waals surface area (Å²) in [5.74, 6) is 1.80. The van der Waals surface area contributed by atoms with Gasteiger partial charge in [-0.1, -0.05) is 188 Å². The molecule has 5 heteroatoms. The molecule has 0 aliphatic heterocycles. The number of rotatable bonds is 8. The molecule has 0 spiro atoms. The van der Waals surface area contributed by atoms with Crippen molar-refractivity contribution in [1.82, 2.24) is 24.1 Å². The fraction of sp³-hybridized carbons (Fsp3) is 0. The van der Waals surface area contributed by atoms with Crippen LogP contribution in [0, 0.1) is 0 Å². The molecule has 13 aromatic rings. The van der Waals surface area contributed by atoms with Crippen molar-refractivity contribution in [1.29, 1.82) is 0 Å². The van der Waals surface area contributed by atoms with E-state index in [1.54, 1.807) is 0 Å². The van der Waals surface area contributed by atoms with Gasteiger partial charge in [-0.15, -0.1) is 0 Å². The van der Waals surface area contributed by atoms with Crippen molar-refractivity contribution in [3.63, 3.8) is 0 Å². The molecule has 5 nitrogen and oxygen atoms in total. The standard InChI is InChI=1S/C63H41N5/c1-7-19-42(20-8-1)47-31-34-56-53(39-47)54-40-60(68-57-35-32-48(43-21-9-2-10-22-43)37-51(57)52-38-49(33-36-58(52)68)44-23-11-3-12-24-44)55(41-59(54)67(56)50-29-17-6-18-30-50)63-65-61(45-25-13-4-14-26-45)64-62(66-63)46-27-15-5-16-28-46/h1-41H. The molecule has 68 heavy (non-hydrogen) atoms. The quantitative estimate of drug-likeness (QED) is 0.153. The number of fused-ring (bicyclic) bond motifs is 6. The third-order valence-electron chi connectivity index (χ3n) is 13.2. The molecule has 0 radical (unpaired) electrons. The van der Waals surface area contributed by atoms with Gasteiger partial charge in [-0.2, -0.15) is 0 Å². The van der Waals surface area contributed by atoms with Crippen LogP contribution in [0.15, 0.2) is 249 Å². The second-order valence-corrected chi connectivity index (χ2v) is 17.2. The van der Waals surface area contributed by atoms with Gasteiger partial charge in [0.05, 0.1) is 27.8 Å². The number of para-hydroxylation sites is 1. The number of hydrogen-bond donors (Lipinski definition) is 0. The average Bonchev–Trinajstić information content (AvgIpc) is 3.92. The zero-order chi connectivity index (χ0) is 45.0. The minimum Gasteiger partial charge on any atom is -0.309 e. The predicted octanol–water partition coefficient (Wildman–Crippen LogP) is 16.1. The molecule has 318 valence electrons. The van der Waals surface area contributed by atoms with E-state index < -0.39 is 0 Å². The Hall–Kier alpha value is -9.19. The molecule has 0 atom stereocenters. The zero-order valence-corrected chi connectivity index (χ0v) is 36.9. The van der Waals surface area contributed by atoms with Crippen molar-refractivity contribution in [2.45, 2.75) is 0 Å². The SMILES string of the molecule is c1ccc(-c2ccc3c(c2)c2cc(-n4c5ccc(-c6ccccc6)cc5c5cc(-c6ccccc6)ccc54)c(-c4nc(-c5ccccc5)nc(-c5ccccc5)n4)cc2n3-c2ccccc2)cc1. The number of nitrogens with zero attached hydrogens (tertiary/aromatic N) is 5. The molecule has 3 aromatic heterocycles. The van der Waals surface area contributed by atoms with Crippen molar-refractivity contribution in [3.05, 3.63) is 249 Å². The lowest BCUT2D eigenvalue weighted by atomic mass is 10.0. The van der Waals surface area contributed by atoms with Gasteiger partial charge in [-0.3, -0.25) is 0 Å². The normalized spacial score (nSPS) is 11.5. The van der Waals surface area contributed by atoms with Crippen LogP contribution in [0.3, 0.4) is 0 Å². The van der Waals surface area contributed by atoms with E-state index in [1.807, 2.05) is 36.4 Å². The summed E-state index contributed by atoms with van der Waals surface area (Å²) < 4.78 is 4.82. The molecule has 0 fully saturated rings. The largest absolute Gasteiger partial charge is 0.309 e. The lowest BCUT2D eigenvalue weighted by Gasteiger charge is -2.16. The first-order valence-electron chi connectivity index (χ1n) is 23.0. The first kappa shape index (κ1) is 39.2. The molecule has 13 rings (SSSR count). The Bertz CT molecular complexity index is 3820.